The zero-order valence-electron chi connectivity index (χ0n) is 33.4. The predicted octanol–water partition coefficient (Wildman–Crippen LogP) is 18.3. The maximum Gasteiger partial charge on any atom is 0.0361 e. The van der Waals surface area contributed by atoms with Gasteiger partial charge in [0.15, 0.2) is 0 Å². The van der Waals surface area contributed by atoms with Gasteiger partial charge in [0.2, 0.25) is 0 Å². The summed E-state index contributed by atoms with van der Waals surface area (Å²) in [6.07, 6.45) is 0. The van der Waals surface area contributed by atoms with Crippen molar-refractivity contribution in [2.24, 2.45) is 0 Å². The monoisotopic (exact) mass is 818 g/mol. The molecule has 0 spiro atoms. The van der Waals surface area contributed by atoms with E-state index in [1.165, 1.54) is 139 Å². The number of benzene rings is 12. The molecule has 12 aromatic carbocycles. The van der Waals surface area contributed by atoms with Crippen LogP contribution in [0, 0.1) is 0 Å². The van der Waals surface area contributed by atoms with Crippen molar-refractivity contribution in [3.63, 3.8) is 0 Å². The van der Waals surface area contributed by atoms with Crippen LogP contribution in [0.2, 0.25) is 0 Å². The molecular formula is C60H34S2. The average molecular weight is 819 g/mol. The summed E-state index contributed by atoms with van der Waals surface area (Å²) in [5.74, 6) is 0. The minimum Gasteiger partial charge on any atom is -0.135 e. The first kappa shape index (κ1) is 34.4. The van der Waals surface area contributed by atoms with Gasteiger partial charge in [0.05, 0.1) is 0 Å². The van der Waals surface area contributed by atoms with Crippen LogP contribution in [0.3, 0.4) is 0 Å². The van der Waals surface area contributed by atoms with Crippen molar-refractivity contribution in [1.29, 1.82) is 0 Å². The second-order valence-electron chi connectivity index (χ2n) is 16.8. The lowest BCUT2D eigenvalue weighted by atomic mass is 9.82. The van der Waals surface area contributed by atoms with Crippen molar-refractivity contribution < 1.29 is 0 Å². The summed E-state index contributed by atoms with van der Waals surface area (Å²) in [7, 11) is 0. The van der Waals surface area contributed by atoms with Crippen LogP contribution in [0.5, 0.6) is 0 Å². The van der Waals surface area contributed by atoms with Crippen molar-refractivity contribution in [2.45, 2.75) is 0 Å². The van der Waals surface area contributed by atoms with Gasteiger partial charge in [-0.3, -0.25) is 0 Å². The molecular weight excluding hydrogens is 785 g/mol. The summed E-state index contributed by atoms with van der Waals surface area (Å²) in [4.78, 5) is 0. The van der Waals surface area contributed by atoms with Crippen molar-refractivity contribution in [3.05, 3.63) is 206 Å². The third kappa shape index (κ3) is 5.06. The Morgan fingerprint density at radius 1 is 0.210 bits per heavy atom. The number of fused-ring (bicyclic) bond motifs is 8. The molecule has 2 heteroatoms. The third-order valence-electron chi connectivity index (χ3n) is 13.4. The molecule has 0 radical (unpaired) electrons. The van der Waals surface area contributed by atoms with Gasteiger partial charge in [-0.1, -0.05) is 146 Å². The molecule has 0 aliphatic carbocycles. The fraction of sp³-hybridized carbons (Fsp3) is 0. The molecule has 2 heterocycles. The highest BCUT2D eigenvalue weighted by molar-refractivity contribution is 7.26. The second kappa shape index (κ2) is 13.1. The molecule has 0 aliphatic heterocycles. The summed E-state index contributed by atoms with van der Waals surface area (Å²) < 4.78 is 5.31. The fourth-order valence-electron chi connectivity index (χ4n) is 10.4. The van der Waals surface area contributed by atoms with E-state index in [1.54, 1.807) is 0 Å². The lowest BCUT2D eigenvalue weighted by Gasteiger charge is -2.21. The molecule has 0 bridgehead atoms. The Morgan fingerprint density at radius 2 is 0.548 bits per heavy atom. The zero-order valence-corrected chi connectivity index (χ0v) is 35.1. The number of hydrogen-bond donors (Lipinski definition) is 0. The molecule has 0 amide bonds. The van der Waals surface area contributed by atoms with Crippen LogP contribution >= 0.6 is 22.7 Å². The molecule has 0 nitrogen and oxygen atoms in total. The highest BCUT2D eigenvalue weighted by Gasteiger charge is 2.22. The van der Waals surface area contributed by atoms with E-state index in [0.717, 1.165) is 0 Å². The van der Waals surface area contributed by atoms with Gasteiger partial charge in [-0.25, -0.2) is 0 Å². The van der Waals surface area contributed by atoms with E-state index in [4.69, 9.17) is 0 Å². The van der Waals surface area contributed by atoms with E-state index in [0.29, 0.717) is 0 Å². The van der Waals surface area contributed by atoms with Crippen LogP contribution in [0.15, 0.2) is 206 Å². The van der Waals surface area contributed by atoms with Crippen LogP contribution in [0.25, 0.3) is 139 Å². The van der Waals surface area contributed by atoms with Gasteiger partial charge in [-0.05, 0) is 159 Å². The molecule has 0 fully saturated rings. The Balaban J connectivity index is 1.08. The summed E-state index contributed by atoms with van der Waals surface area (Å²) in [5, 5.41) is 18.2. The highest BCUT2D eigenvalue weighted by atomic mass is 32.1. The second-order valence-corrected chi connectivity index (χ2v) is 18.9. The lowest BCUT2D eigenvalue weighted by Crippen LogP contribution is -1.94. The molecule has 2 aromatic heterocycles. The summed E-state index contributed by atoms with van der Waals surface area (Å²) in [6, 6.07) is 77.7. The molecule has 14 aromatic rings. The summed E-state index contributed by atoms with van der Waals surface area (Å²) in [6.45, 7) is 0. The predicted molar refractivity (Wildman–Crippen MR) is 273 cm³/mol. The maximum absolute atomic E-state index is 2.46. The zero-order chi connectivity index (χ0) is 40.5. The lowest BCUT2D eigenvalue weighted by molar-refractivity contribution is 1.64. The van der Waals surface area contributed by atoms with Gasteiger partial charge >= 0.3 is 0 Å². The average Bonchev–Trinajstić information content (AvgIpc) is 3.88. The molecule has 0 N–H and O–H groups in total. The highest BCUT2D eigenvalue weighted by Crippen LogP contribution is 2.50. The quantitative estimate of drug-likeness (QED) is 0.155. The van der Waals surface area contributed by atoms with Gasteiger partial charge in [0, 0.05) is 40.3 Å². The Hall–Kier alpha value is -7.36. The first-order valence-corrected chi connectivity index (χ1v) is 22.9. The molecule has 286 valence electrons. The minimum atomic E-state index is 1.23. The normalized spacial score (nSPS) is 12.2. The van der Waals surface area contributed by atoms with Gasteiger partial charge in [-0.15, -0.1) is 22.7 Å². The van der Waals surface area contributed by atoms with E-state index in [1.807, 2.05) is 22.7 Å². The molecule has 14 rings (SSSR count). The van der Waals surface area contributed by atoms with Crippen molar-refractivity contribution in [1.82, 2.24) is 0 Å². The van der Waals surface area contributed by atoms with Crippen molar-refractivity contribution >= 4 is 117 Å². The number of hydrogen-bond acceptors (Lipinski definition) is 2. The summed E-state index contributed by atoms with van der Waals surface area (Å²) in [5.41, 5.74) is 9.98. The van der Waals surface area contributed by atoms with Crippen molar-refractivity contribution in [3.8, 4) is 44.5 Å². The SMILES string of the molecule is c1ccc(-c2cc(-c3ccc4sc5cc6ccccc6cc5c4c3)c3ccc4c(-c5ccccc5)cc(-c5ccc6sc7cc8ccccc8cc7c6c5)c5ccc2c3c45)cc1. The third-order valence-corrected chi connectivity index (χ3v) is 15.6. The van der Waals surface area contributed by atoms with Gasteiger partial charge in [0.25, 0.3) is 0 Å². The van der Waals surface area contributed by atoms with Crippen LogP contribution in [-0.4, -0.2) is 0 Å². The molecule has 0 unspecified atom stereocenters. The molecule has 62 heavy (non-hydrogen) atoms. The Labute approximate surface area is 365 Å². The van der Waals surface area contributed by atoms with Gasteiger partial charge in [0.1, 0.15) is 0 Å². The van der Waals surface area contributed by atoms with E-state index >= 15 is 0 Å². The van der Waals surface area contributed by atoms with Gasteiger partial charge < -0.3 is 0 Å². The topological polar surface area (TPSA) is 0 Å². The largest absolute Gasteiger partial charge is 0.135 e. The number of rotatable bonds is 4. The van der Waals surface area contributed by atoms with E-state index in [-0.39, 0.29) is 0 Å². The molecule has 0 saturated heterocycles. The van der Waals surface area contributed by atoms with Crippen molar-refractivity contribution in [2.75, 3.05) is 0 Å². The minimum absolute atomic E-state index is 1.23. The summed E-state index contributed by atoms with van der Waals surface area (Å²) >= 11 is 3.78. The van der Waals surface area contributed by atoms with E-state index in [2.05, 4.69) is 206 Å². The van der Waals surface area contributed by atoms with Crippen LogP contribution in [-0.2, 0) is 0 Å². The fourth-order valence-corrected chi connectivity index (χ4v) is 12.7. The maximum atomic E-state index is 2.46. The Bertz CT molecular complexity index is 3860. The smallest absolute Gasteiger partial charge is 0.0361 e. The van der Waals surface area contributed by atoms with Crippen LogP contribution in [0.4, 0.5) is 0 Å². The Kier molecular flexibility index (Phi) is 7.24. The van der Waals surface area contributed by atoms with E-state index in [9.17, 15) is 0 Å². The first-order valence-electron chi connectivity index (χ1n) is 21.3. The first-order chi connectivity index (χ1) is 30.7. The van der Waals surface area contributed by atoms with Gasteiger partial charge in [-0.2, -0.15) is 0 Å². The Morgan fingerprint density at radius 3 is 0.952 bits per heavy atom. The molecule has 0 aliphatic rings. The standard InChI is InChI=1S/C60H34S2/c1-3-11-35(12-4-1)47-33-49(41-19-25-55-51(29-41)53-27-37-15-7-9-17-39(37)31-57(53)61-55)45-24-22-44-48(36-13-5-2-6-14-36)34-50(46-23-21-43(47)59(45)60(44)46)42-20-26-56-52(30-42)54-28-38-16-8-10-18-40(38)32-58(54)62-56/h1-34H. The van der Waals surface area contributed by atoms with Crippen LogP contribution in [0.1, 0.15) is 0 Å². The molecule has 0 atom stereocenters. The van der Waals surface area contributed by atoms with Crippen LogP contribution < -0.4 is 0 Å². The number of thiophene rings is 2. The molecule has 0 saturated carbocycles. The van der Waals surface area contributed by atoms with E-state index < -0.39 is 0 Å².